The molecule has 0 aliphatic carbocycles. The number of amides is 2. The summed E-state index contributed by atoms with van der Waals surface area (Å²) in [6.45, 7) is 3.20. The lowest BCUT2D eigenvalue weighted by Crippen LogP contribution is -2.57. The number of hydrogen-bond donors (Lipinski definition) is 0. The normalized spacial score (nSPS) is 18.5. The third-order valence-corrected chi connectivity index (χ3v) is 4.00. The highest BCUT2D eigenvalue weighted by atomic mass is 16.5. The van der Waals surface area contributed by atoms with Crippen LogP contribution in [0.1, 0.15) is 36.5 Å². The first-order valence-corrected chi connectivity index (χ1v) is 7.64. The molecule has 0 bridgehead atoms. The standard InChI is InChI=1S/C16H23N3O3/c1-4-5-6-13-16(21)18(2)9-10-19(13)15(20)12-7-8-17-14(11-12)22-3/h7-8,11,13H,4-6,9-10H2,1-3H3. The van der Waals surface area contributed by atoms with Gasteiger partial charge in [0.05, 0.1) is 7.11 Å². The summed E-state index contributed by atoms with van der Waals surface area (Å²) in [6, 6.07) is 2.90. The van der Waals surface area contributed by atoms with Crippen molar-refractivity contribution in [1.29, 1.82) is 0 Å². The molecule has 0 aromatic carbocycles. The Labute approximate surface area is 131 Å². The number of aromatic nitrogens is 1. The van der Waals surface area contributed by atoms with Gasteiger partial charge >= 0.3 is 0 Å². The Bertz CT molecular complexity index is 547. The highest BCUT2D eigenvalue weighted by Crippen LogP contribution is 2.20. The summed E-state index contributed by atoms with van der Waals surface area (Å²) in [5.41, 5.74) is 0.505. The zero-order chi connectivity index (χ0) is 16.1. The molecule has 0 spiro atoms. The lowest BCUT2D eigenvalue weighted by Gasteiger charge is -2.39. The molecule has 1 saturated heterocycles. The summed E-state index contributed by atoms with van der Waals surface area (Å²) in [7, 11) is 3.30. The van der Waals surface area contributed by atoms with Crippen molar-refractivity contribution >= 4 is 11.8 Å². The molecule has 6 nitrogen and oxygen atoms in total. The third-order valence-electron chi connectivity index (χ3n) is 4.00. The topological polar surface area (TPSA) is 62.7 Å². The van der Waals surface area contributed by atoms with Crippen molar-refractivity contribution in [1.82, 2.24) is 14.8 Å². The number of piperazine rings is 1. The monoisotopic (exact) mass is 305 g/mol. The summed E-state index contributed by atoms with van der Waals surface area (Å²) in [5.74, 6) is 0.286. The van der Waals surface area contributed by atoms with E-state index >= 15 is 0 Å². The van der Waals surface area contributed by atoms with Crippen LogP contribution in [-0.2, 0) is 4.79 Å². The van der Waals surface area contributed by atoms with Gasteiger partial charge in [0, 0.05) is 38.0 Å². The van der Waals surface area contributed by atoms with Crippen LogP contribution in [0.25, 0.3) is 0 Å². The Kier molecular flexibility index (Phi) is 5.35. The second-order valence-electron chi connectivity index (χ2n) is 5.50. The van der Waals surface area contributed by atoms with Gasteiger partial charge in [0.25, 0.3) is 5.91 Å². The summed E-state index contributed by atoms with van der Waals surface area (Å²) in [6.07, 6.45) is 4.17. The number of ether oxygens (including phenoxy) is 1. The van der Waals surface area contributed by atoms with Gasteiger partial charge in [-0.3, -0.25) is 9.59 Å². The predicted octanol–water partition coefficient (Wildman–Crippen LogP) is 1.56. The SMILES string of the molecule is CCCCC1C(=O)N(C)CCN1C(=O)c1ccnc(OC)c1. The van der Waals surface area contributed by atoms with E-state index in [1.165, 1.54) is 7.11 Å². The minimum Gasteiger partial charge on any atom is -0.481 e. The van der Waals surface area contributed by atoms with Crippen LogP contribution in [0.2, 0.25) is 0 Å². The van der Waals surface area contributed by atoms with E-state index in [-0.39, 0.29) is 17.9 Å². The van der Waals surface area contributed by atoms with Crippen molar-refractivity contribution in [3.63, 3.8) is 0 Å². The van der Waals surface area contributed by atoms with E-state index in [9.17, 15) is 9.59 Å². The Balaban J connectivity index is 2.22. The van der Waals surface area contributed by atoms with E-state index in [0.29, 0.717) is 31.0 Å². The van der Waals surface area contributed by atoms with E-state index in [1.807, 2.05) is 0 Å². The molecule has 2 amide bonds. The molecular weight excluding hydrogens is 282 g/mol. The summed E-state index contributed by atoms with van der Waals surface area (Å²) >= 11 is 0. The fourth-order valence-electron chi connectivity index (χ4n) is 2.65. The molecule has 120 valence electrons. The Morgan fingerprint density at radius 2 is 2.23 bits per heavy atom. The highest BCUT2D eigenvalue weighted by molar-refractivity contribution is 5.98. The number of carbonyl (C=O) groups excluding carboxylic acids is 2. The van der Waals surface area contributed by atoms with Crippen LogP contribution in [-0.4, -0.2) is 59.9 Å². The Hall–Kier alpha value is -2.11. The maximum absolute atomic E-state index is 12.8. The minimum atomic E-state index is -0.370. The van der Waals surface area contributed by atoms with Gasteiger partial charge in [0.2, 0.25) is 11.8 Å². The largest absolute Gasteiger partial charge is 0.481 e. The molecule has 1 unspecified atom stereocenters. The second kappa shape index (κ2) is 7.24. The molecule has 1 aliphatic rings. The summed E-state index contributed by atoms with van der Waals surface area (Å²) < 4.78 is 5.07. The van der Waals surface area contributed by atoms with Crippen LogP contribution < -0.4 is 4.74 Å². The lowest BCUT2D eigenvalue weighted by molar-refractivity contribution is -0.138. The molecule has 0 N–H and O–H groups in total. The van der Waals surface area contributed by atoms with Crippen molar-refractivity contribution in [2.24, 2.45) is 0 Å². The van der Waals surface area contributed by atoms with Gasteiger partial charge in [-0.2, -0.15) is 0 Å². The number of carbonyl (C=O) groups is 2. The van der Waals surface area contributed by atoms with Crippen molar-refractivity contribution in [2.75, 3.05) is 27.2 Å². The molecule has 2 heterocycles. The number of hydrogen-bond acceptors (Lipinski definition) is 4. The number of nitrogens with zero attached hydrogens (tertiary/aromatic N) is 3. The van der Waals surface area contributed by atoms with E-state index in [1.54, 1.807) is 35.2 Å². The summed E-state index contributed by atoms with van der Waals surface area (Å²) in [4.78, 5) is 32.6. The first kappa shape index (κ1) is 16.3. The summed E-state index contributed by atoms with van der Waals surface area (Å²) in [5, 5.41) is 0. The molecule has 1 aromatic heterocycles. The van der Waals surface area contributed by atoms with Gasteiger partial charge in [0.1, 0.15) is 6.04 Å². The molecule has 22 heavy (non-hydrogen) atoms. The number of rotatable bonds is 5. The predicted molar refractivity (Wildman–Crippen MR) is 82.8 cm³/mol. The number of pyridine rings is 1. The molecule has 2 rings (SSSR count). The van der Waals surface area contributed by atoms with Gasteiger partial charge in [0.15, 0.2) is 0 Å². The Morgan fingerprint density at radius 3 is 2.91 bits per heavy atom. The van der Waals surface area contributed by atoms with Crippen LogP contribution in [0, 0.1) is 0 Å². The number of unbranched alkanes of at least 4 members (excludes halogenated alkanes) is 1. The maximum atomic E-state index is 12.8. The van der Waals surface area contributed by atoms with E-state index < -0.39 is 0 Å². The Morgan fingerprint density at radius 1 is 1.45 bits per heavy atom. The maximum Gasteiger partial charge on any atom is 0.254 e. The third kappa shape index (κ3) is 3.37. The van der Waals surface area contributed by atoms with Crippen LogP contribution in [0.3, 0.4) is 0 Å². The zero-order valence-electron chi connectivity index (χ0n) is 13.4. The van der Waals surface area contributed by atoms with E-state index in [4.69, 9.17) is 4.74 Å². The van der Waals surface area contributed by atoms with Crippen LogP contribution in [0.15, 0.2) is 18.3 Å². The quantitative estimate of drug-likeness (QED) is 0.828. The van der Waals surface area contributed by atoms with E-state index in [2.05, 4.69) is 11.9 Å². The van der Waals surface area contributed by atoms with Crippen LogP contribution >= 0.6 is 0 Å². The van der Waals surface area contributed by atoms with Crippen LogP contribution in [0.4, 0.5) is 0 Å². The number of methoxy groups -OCH3 is 1. The van der Waals surface area contributed by atoms with Gasteiger partial charge in [-0.15, -0.1) is 0 Å². The van der Waals surface area contributed by atoms with Gasteiger partial charge in [-0.05, 0) is 12.5 Å². The van der Waals surface area contributed by atoms with Crippen LogP contribution in [0.5, 0.6) is 5.88 Å². The van der Waals surface area contributed by atoms with Gasteiger partial charge in [-0.1, -0.05) is 19.8 Å². The number of likely N-dealkylation sites (N-methyl/N-ethyl adjacent to an activating group) is 1. The first-order valence-electron chi connectivity index (χ1n) is 7.64. The average molecular weight is 305 g/mol. The minimum absolute atomic E-state index is 0.0223. The van der Waals surface area contributed by atoms with Gasteiger partial charge < -0.3 is 14.5 Å². The molecule has 1 atom stereocenters. The van der Waals surface area contributed by atoms with E-state index in [0.717, 1.165) is 12.8 Å². The van der Waals surface area contributed by atoms with Crippen molar-refractivity contribution in [2.45, 2.75) is 32.2 Å². The van der Waals surface area contributed by atoms with Crippen molar-refractivity contribution in [3.05, 3.63) is 23.9 Å². The molecular formula is C16H23N3O3. The second-order valence-corrected chi connectivity index (χ2v) is 5.50. The first-order chi connectivity index (χ1) is 10.6. The van der Waals surface area contributed by atoms with Gasteiger partial charge in [-0.25, -0.2) is 4.98 Å². The molecule has 1 fully saturated rings. The highest BCUT2D eigenvalue weighted by Gasteiger charge is 2.35. The zero-order valence-corrected chi connectivity index (χ0v) is 13.4. The fourth-order valence-corrected chi connectivity index (χ4v) is 2.65. The van der Waals surface area contributed by atoms with Crippen molar-refractivity contribution in [3.8, 4) is 5.88 Å². The molecule has 6 heteroatoms. The lowest BCUT2D eigenvalue weighted by atomic mass is 10.0. The molecule has 0 radical (unpaired) electrons. The molecule has 1 aliphatic heterocycles. The van der Waals surface area contributed by atoms with Crippen molar-refractivity contribution < 1.29 is 14.3 Å². The molecule has 1 aromatic rings. The smallest absolute Gasteiger partial charge is 0.254 e. The average Bonchev–Trinajstić information content (AvgIpc) is 2.55. The fraction of sp³-hybridized carbons (Fsp3) is 0.562. The molecule has 0 saturated carbocycles.